The third-order valence-corrected chi connectivity index (χ3v) is 6.89. The zero-order chi connectivity index (χ0) is 16.9. The maximum absolute atomic E-state index is 2.53. The van der Waals surface area contributed by atoms with E-state index < -0.39 is 0 Å². The van der Waals surface area contributed by atoms with Gasteiger partial charge in [-0.3, -0.25) is 13.1 Å². The summed E-state index contributed by atoms with van der Waals surface area (Å²) in [6.45, 7) is 17.4. The van der Waals surface area contributed by atoms with E-state index in [2.05, 4.69) is 38.8 Å². The Balaban J connectivity index is 0. The van der Waals surface area contributed by atoms with Crippen molar-refractivity contribution in [2.45, 2.75) is 92.4 Å². The standard InChI is InChI=1S/C20H35N.C2H6.3Rb/c1-4-17-7-11-21(12-8-17)15-18-5-9-20(10-6-18)13-19(14-20)16(2)3;1-2;;;/h11-12,16-19H,4-10,13-15H2,1-3H3;1-2H3;;;/q-2;;3*+1. The molecule has 1 nitrogen and oxygen atoms in total. The molecule has 1 aliphatic heterocycles. The van der Waals surface area contributed by atoms with Gasteiger partial charge in [0.15, 0.2) is 0 Å². The molecule has 0 aromatic carbocycles. The summed E-state index contributed by atoms with van der Waals surface area (Å²) in [5.41, 5.74) is 0.786. The Morgan fingerprint density at radius 3 is 1.85 bits per heavy atom. The van der Waals surface area contributed by atoms with Gasteiger partial charge in [-0.25, -0.2) is 0 Å². The van der Waals surface area contributed by atoms with E-state index in [9.17, 15) is 0 Å². The van der Waals surface area contributed by atoms with E-state index in [1.165, 1.54) is 64.3 Å². The molecule has 0 atom stereocenters. The average molecular weight is 576 g/mol. The van der Waals surface area contributed by atoms with Crippen molar-refractivity contribution in [1.82, 2.24) is 4.90 Å². The number of piperidine rings is 1. The van der Waals surface area contributed by atoms with Crippen LogP contribution in [0.3, 0.4) is 0 Å². The molecule has 0 radical (unpaired) electrons. The molecule has 4 heteroatoms. The second-order valence-corrected chi connectivity index (χ2v) is 8.66. The van der Waals surface area contributed by atoms with Crippen LogP contribution >= 0.6 is 0 Å². The van der Waals surface area contributed by atoms with Crippen molar-refractivity contribution in [3.8, 4) is 0 Å². The van der Waals surface area contributed by atoms with Crippen LogP contribution in [-0.4, -0.2) is 11.4 Å². The molecule has 26 heavy (non-hydrogen) atoms. The van der Waals surface area contributed by atoms with Gasteiger partial charge in [0, 0.05) is 0 Å². The molecule has 3 aliphatic rings. The van der Waals surface area contributed by atoms with Crippen LogP contribution in [0.5, 0.6) is 0 Å². The molecule has 0 aromatic heterocycles. The molecular formula is C22H41NRb3+. The summed E-state index contributed by atoms with van der Waals surface area (Å²) in [6, 6.07) is 0. The molecule has 0 aromatic rings. The molecule has 1 saturated heterocycles. The Labute approximate surface area is 312 Å². The predicted molar refractivity (Wildman–Crippen MR) is 102 cm³/mol. The second-order valence-electron chi connectivity index (χ2n) is 8.66. The summed E-state index contributed by atoms with van der Waals surface area (Å²) < 4.78 is 0. The summed E-state index contributed by atoms with van der Waals surface area (Å²) in [7, 11) is 0. The molecule has 1 spiro atoms. The van der Waals surface area contributed by atoms with Crippen LogP contribution in [0.2, 0.25) is 0 Å². The Bertz CT molecular complexity index is 324. The molecule has 2 aliphatic carbocycles. The van der Waals surface area contributed by atoms with Crippen molar-refractivity contribution < 1.29 is 175 Å². The summed E-state index contributed by atoms with van der Waals surface area (Å²) in [5, 5.41) is 0. The van der Waals surface area contributed by atoms with E-state index in [4.69, 9.17) is 0 Å². The molecular weight excluding hydrogens is 535 g/mol. The summed E-state index contributed by atoms with van der Waals surface area (Å²) in [6.07, 6.45) is 13.0. The fourth-order valence-electron chi connectivity index (χ4n) is 4.93. The smallest absolute Gasteiger partial charge is 0.605 e. The van der Waals surface area contributed by atoms with Gasteiger partial charge >= 0.3 is 175 Å². The number of rotatable bonds is 4. The van der Waals surface area contributed by atoms with Crippen LogP contribution in [0, 0.1) is 42.2 Å². The summed E-state index contributed by atoms with van der Waals surface area (Å²) in [5.74, 6) is 3.83. The number of hydrogen-bond donors (Lipinski definition) is 0. The van der Waals surface area contributed by atoms with Gasteiger partial charge in [-0.1, -0.05) is 53.5 Å². The number of likely N-dealkylation sites (tertiary alicyclic amines) is 1. The van der Waals surface area contributed by atoms with Crippen LogP contribution < -0.4 is 175 Å². The molecule has 3 fully saturated rings. The van der Waals surface area contributed by atoms with Gasteiger partial charge in [-0.15, -0.1) is 0 Å². The van der Waals surface area contributed by atoms with Crippen molar-refractivity contribution in [1.29, 1.82) is 0 Å². The topological polar surface area (TPSA) is 3.24 Å². The van der Waals surface area contributed by atoms with Gasteiger partial charge in [-0.05, 0) is 61.7 Å². The first kappa shape index (κ1) is 33.5. The number of nitrogens with zero attached hydrogens (tertiary/aromatic N) is 1. The van der Waals surface area contributed by atoms with Gasteiger partial charge in [0.05, 0.1) is 0 Å². The van der Waals surface area contributed by atoms with E-state index in [1.807, 2.05) is 13.8 Å². The predicted octanol–water partition coefficient (Wildman–Crippen LogP) is -2.29. The largest absolute Gasteiger partial charge is 1.00 e. The molecule has 0 unspecified atom stereocenters. The van der Waals surface area contributed by atoms with Gasteiger partial charge in [0.2, 0.25) is 0 Å². The fraction of sp³-hybridized carbons (Fsp3) is 0.909. The molecule has 0 bridgehead atoms. The van der Waals surface area contributed by atoms with Crippen molar-refractivity contribution in [3.63, 3.8) is 0 Å². The Hall–Kier alpha value is 5.38. The van der Waals surface area contributed by atoms with Gasteiger partial charge in [0.1, 0.15) is 0 Å². The fourth-order valence-corrected chi connectivity index (χ4v) is 4.93. The zero-order valence-corrected chi connectivity index (χ0v) is 34.2. The maximum Gasteiger partial charge on any atom is 1.00 e. The SMILES string of the molecule is CC.CCC1C[CH-]N(CC2CCC3(CC2)CC(C(C)C)C3)[CH-]C1.[Rb+].[Rb+].[Rb+]. The second kappa shape index (κ2) is 17.8. The van der Waals surface area contributed by atoms with Gasteiger partial charge in [0.25, 0.3) is 0 Å². The first-order valence-corrected chi connectivity index (χ1v) is 10.5. The normalized spacial score (nSPS) is 31.6. The first-order valence-electron chi connectivity index (χ1n) is 10.5. The Morgan fingerprint density at radius 1 is 0.923 bits per heavy atom. The molecule has 136 valence electrons. The summed E-state index contributed by atoms with van der Waals surface area (Å²) in [4.78, 5) is 2.53. The zero-order valence-electron chi connectivity index (χ0n) is 19.5. The molecule has 0 amide bonds. The van der Waals surface area contributed by atoms with Gasteiger partial charge in [-0.2, -0.15) is 12.8 Å². The Kier molecular flexibility index (Phi) is 23.0. The Morgan fingerprint density at radius 2 is 1.42 bits per heavy atom. The van der Waals surface area contributed by atoms with Crippen LogP contribution in [0.15, 0.2) is 0 Å². The van der Waals surface area contributed by atoms with Crippen LogP contribution in [0.4, 0.5) is 0 Å². The average Bonchev–Trinajstić information content (AvgIpc) is 2.56. The van der Waals surface area contributed by atoms with E-state index in [1.54, 1.807) is 0 Å². The van der Waals surface area contributed by atoms with E-state index in [0.29, 0.717) is 0 Å². The van der Waals surface area contributed by atoms with Crippen LogP contribution in [0.25, 0.3) is 0 Å². The molecule has 3 rings (SSSR count). The third-order valence-electron chi connectivity index (χ3n) is 6.89. The third kappa shape index (κ3) is 10.5. The van der Waals surface area contributed by atoms with Crippen molar-refractivity contribution in [2.24, 2.45) is 29.1 Å². The molecule has 2 saturated carbocycles. The van der Waals surface area contributed by atoms with Crippen molar-refractivity contribution >= 4 is 0 Å². The quantitative estimate of drug-likeness (QED) is 0.342. The minimum Gasteiger partial charge on any atom is -0.605 e. The van der Waals surface area contributed by atoms with Crippen molar-refractivity contribution in [3.05, 3.63) is 13.1 Å². The molecule has 1 heterocycles. The van der Waals surface area contributed by atoms with E-state index in [-0.39, 0.29) is 175 Å². The van der Waals surface area contributed by atoms with Crippen molar-refractivity contribution in [2.75, 3.05) is 6.54 Å². The van der Waals surface area contributed by atoms with Crippen LogP contribution in [0.1, 0.15) is 92.4 Å². The van der Waals surface area contributed by atoms with E-state index in [0.717, 1.165) is 29.1 Å². The van der Waals surface area contributed by atoms with Gasteiger partial charge < -0.3 is 4.90 Å². The van der Waals surface area contributed by atoms with Crippen LogP contribution in [-0.2, 0) is 0 Å². The monoisotopic (exact) mass is 574 g/mol. The summed E-state index contributed by atoms with van der Waals surface area (Å²) >= 11 is 0. The van der Waals surface area contributed by atoms with E-state index >= 15 is 0 Å². The molecule has 0 N–H and O–H groups in total. The minimum atomic E-state index is 0. The first-order chi connectivity index (χ1) is 11.1. The number of hydrogen-bond acceptors (Lipinski definition) is 1. The minimum absolute atomic E-state index is 0. The maximum atomic E-state index is 2.53.